The second-order valence-corrected chi connectivity index (χ2v) is 7.74. The molecule has 4 nitrogen and oxygen atoms in total. The lowest BCUT2D eigenvalue weighted by Gasteiger charge is -2.18. The van der Waals surface area contributed by atoms with Gasteiger partial charge in [0.25, 0.3) is 0 Å². The van der Waals surface area contributed by atoms with Gasteiger partial charge >= 0.3 is 0 Å². The number of thiocarbonyl (C=S) groups is 1. The molecule has 5 heteroatoms. The van der Waals surface area contributed by atoms with Crippen molar-refractivity contribution in [2.75, 3.05) is 5.32 Å². The van der Waals surface area contributed by atoms with Gasteiger partial charge in [0, 0.05) is 17.3 Å². The monoisotopic (exact) mass is 418 g/mol. The van der Waals surface area contributed by atoms with Crippen molar-refractivity contribution in [1.82, 2.24) is 0 Å². The molecule has 0 spiro atoms. The first-order chi connectivity index (χ1) is 14.4. The number of nitrogens with zero attached hydrogens (tertiary/aromatic N) is 1. The third-order valence-corrected chi connectivity index (χ3v) is 5.13. The topological polar surface area (TPSA) is 59.2 Å². The third-order valence-electron chi connectivity index (χ3n) is 4.84. The highest BCUT2D eigenvalue weighted by molar-refractivity contribution is 7.81. The Labute approximate surface area is 183 Å². The van der Waals surface area contributed by atoms with Crippen molar-refractivity contribution in [2.24, 2.45) is 0 Å². The van der Waals surface area contributed by atoms with Gasteiger partial charge in [0.15, 0.2) is 17.4 Å². The Hall–Kier alpha value is -3.02. The van der Waals surface area contributed by atoms with E-state index in [0.29, 0.717) is 21.8 Å². The lowest BCUT2D eigenvalue weighted by molar-refractivity contribution is -0.578. The van der Waals surface area contributed by atoms with Gasteiger partial charge in [-0.1, -0.05) is 49.5 Å². The van der Waals surface area contributed by atoms with Crippen molar-refractivity contribution in [3.05, 3.63) is 94.8 Å². The molecule has 30 heavy (non-hydrogen) atoms. The molecule has 3 rings (SSSR count). The van der Waals surface area contributed by atoms with Crippen molar-refractivity contribution in [2.45, 2.75) is 33.8 Å². The summed E-state index contributed by atoms with van der Waals surface area (Å²) in [5, 5.41) is 26.2. The molecule has 0 fully saturated rings. The summed E-state index contributed by atoms with van der Waals surface area (Å²) in [7, 11) is 0. The Morgan fingerprint density at radius 2 is 1.70 bits per heavy atom. The Balaban J connectivity index is 2.09. The highest BCUT2D eigenvalue weighted by Gasteiger charge is 2.20. The number of aryl methyl sites for hydroxylation is 3. The van der Waals surface area contributed by atoms with Gasteiger partial charge in [-0.05, 0) is 66.5 Å². The summed E-state index contributed by atoms with van der Waals surface area (Å²) in [6.45, 7) is 6.00. The van der Waals surface area contributed by atoms with Gasteiger partial charge in [-0.15, -0.1) is 0 Å². The average molecular weight is 419 g/mol. The average Bonchev–Trinajstić information content (AvgIpc) is 2.73. The maximum Gasteiger partial charge on any atom is 0.238 e. The number of rotatable bonds is 6. The van der Waals surface area contributed by atoms with Crippen molar-refractivity contribution in [3.8, 4) is 0 Å². The number of nitrogens with one attached hydrogen (secondary N) is 1. The molecule has 0 amide bonds. The van der Waals surface area contributed by atoms with Gasteiger partial charge in [0.1, 0.15) is 0 Å². The zero-order valence-electron chi connectivity index (χ0n) is 17.5. The summed E-state index contributed by atoms with van der Waals surface area (Å²) in [5.74, 6) is -0.181. The minimum atomic E-state index is -0.181. The minimum Gasteiger partial charge on any atom is -0.867 e. The highest BCUT2D eigenvalue weighted by atomic mass is 32.1. The van der Waals surface area contributed by atoms with E-state index in [2.05, 4.69) is 18.3 Å². The van der Waals surface area contributed by atoms with E-state index >= 15 is 0 Å². The van der Waals surface area contributed by atoms with Crippen LogP contribution in [0, 0.1) is 13.8 Å². The molecule has 0 atom stereocenters. The molecule has 1 aromatic heterocycles. The van der Waals surface area contributed by atoms with Crippen molar-refractivity contribution in [1.29, 1.82) is 0 Å². The summed E-state index contributed by atoms with van der Waals surface area (Å²) < 4.78 is 1.68. The van der Waals surface area contributed by atoms with E-state index in [4.69, 9.17) is 12.2 Å². The fourth-order valence-electron chi connectivity index (χ4n) is 3.36. The SMILES string of the molecule is CCc1ccc(/C([O-])=C(/C(=S)Nc2cc(C)cc(C)c2)[n+]2cccc(CO)c2)cc1. The first-order valence-corrected chi connectivity index (χ1v) is 10.3. The van der Waals surface area contributed by atoms with Gasteiger partial charge < -0.3 is 15.5 Å². The van der Waals surface area contributed by atoms with E-state index in [0.717, 1.165) is 23.2 Å². The molecular formula is C25H26N2O2S. The van der Waals surface area contributed by atoms with Crippen molar-refractivity contribution >= 4 is 34.3 Å². The number of aromatic nitrogens is 1. The molecule has 1 heterocycles. The van der Waals surface area contributed by atoms with E-state index in [1.165, 1.54) is 5.56 Å². The molecular weight excluding hydrogens is 392 g/mol. The Morgan fingerprint density at radius 1 is 1.03 bits per heavy atom. The molecule has 154 valence electrons. The van der Waals surface area contributed by atoms with Crippen LogP contribution in [0.1, 0.15) is 34.7 Å². The lowest BCUT2D eigenvalue weighted by Crippen LogP contribution is -2.40. The summed E-state index contributed by atoms with van der Waals surface area (Å²) in [6, 6.07) is 17.2. The number of pyridine rings is 1. The fourth-order valence-corrected chi connectivity index (χ4v) is 3.68. The number of anilines is 1. The number of aliphatic hydroxyl groups excluding tert-OH is 1. The summed E-state index contributed by atoms with van der Waals surface area (Å²) in [6.07, 6.45) is 4.40. The highest BCUT2D eigenvalue weighted by Crippen LogP contribution is 2.20. The largest absolute Gasteiger partial charge is 0.867 e. The minimum absolute atomic E-state index is 0.120. The lowest BCUT2D eigenvalue weighted by atomic mass is 10.1. The van der Waals surface area contributed by atoms with Crippen LogP contribution in [0.25, 0.3) is 11.5 Å². The van der Waals surface area contributed by atoms with Crippen LogP contribution in [-0.4, -0.2) is 10.1 Å². The molecule has 0 saturated heterocycles. The predicted octanol–water partition coefficient (Wildman–Crippen LogP) is 3.77. The van der Waals surface area contributed by atoms with Crippen LogP contribution >= 0.6 is 12.2 Å². The van der Waals surface area contributed by atoms with E-state index in [-0.39, 0.29) is 12.4 Å². The zero-order chi connectivity index (χ0) is 21.7. The van der Waals surface area contributed by atoms with Crippen LogP contribution < -0.4 is 15.0 Å². The van der Waals surface area contributed by atoms with Crippen LogP contribution in [-0.2, 0) is 13.0 Å². The maximum atomic E-state index is 13.5. The molecule has 0 saturated carbocycles. The van der Waals surface area contributed by atoms with E-state index in [9.17, 15) is 10.2 Å². The Kier molecular flexibility index (Phi) is 6.98. The van der Waals surface area contributed by atoms with E-state index in [1.54, 1.807) is 29.1 Å². The molecule has 0 aliphatic carbocycles. The molecule has 3 aromatic rings. The second-order valence-electron chi connectivity index (χ2n) is 7.34. The van der Waals surface area contributed by atoms with Crippen LogP contribution in [0.4, 0.5) is 5.69 Å². The molecule has 2 N–H and O–H groups in total. The second kappa shape index (κ2) is 9.65. The van der Waals surface area contributed by atoms with Crippen LogP contribution in [0.2, 0.25) is 0 Å². The first-order valence-electron chi connectivity index (χ1n) is 9.93. The molecule has 0 aliphatic rings. The maximum absolute atomic E-state index is 13.5. The number of hydrogen-bond donors (Lipinski definition) is 2. The predicted molar refractivity (Wildman–Crippen MR) is 124 cm³/mol. The van der Waals surface area contributed by atoms with Gasteiger partial charge in [-0.3, -0.25) is 0 Å². The van der Waals surface area contributed by atoms with Crippen LogP contribution in [0.15, 0.2) is 67.0 Å². The smallest absolute Gasteiger partial charge is 0.238 e. The molecule has 0 radical (unpaired) electrons. The molecule has 2 aromatic carbocycles. The van der Waals surface area contributed by atoms with E-state index < -0.39 is 0 Å². The number of hydrogen-bond acceptors (Lipinski definition) is 3. The zero-order valence-corrected chi connectivity index (χ0v) is 18.3. The molecule has 0 bridgehead atoms. The number of aliphatic hydroxyl groups is 1. The Bertz CT molecular complexity index is 1070. The Morgan fingerprint density at radius 3 is 2.30 bits per heavy atom. The molecule has 0 aliphatic heterocycles. The van der Waals surface area contributed by atoms with Gasteiger partial charge in [-0.2, -0.15) is 4.57 Å². The van der Waals surface area contributed by atoms with Gasteiger partial charge in [0.2, 0.25) is 5.70 Å². The van der Waals surface area contributed by atoms with Gasteiger partial charge in [0.05, 0.1) is 6.61 Å². The molecule has 0 unspecified atom stereocenters. The third kappa shape index (κ3) is 5.12. The summed E-state index contributed by atoms with van der Waals surface area (Å²) in [4.78, 5) is 0.324. The van der Waals surface area contributed by atoms with Crippen molar-refractivity contribution < 1.29 is 14.8 Å². The number of benzene rings is 2. The summed E-state index contributed by atoms with van der Waals surface area (Å²) in [5.41, 5.74) is 5.81. The summed E-state index contributed by atoms with van der Waals surface area (Å²) >= 11 is 5.68. The fraction of sp³-hybridized carbons (Fsp3) is 0.200. The van der Waals surface area contributed by atoms with Gasteiger partial charge in [-0.25, -0.2) is 0 Å². The van der Waals surface area contributed by atoms with Crippen LogP contribution in [0.3, 0.4) is 0 Å². The standard InChI is InChI=1S/C25H26N2O2S/c1-4-19-7-9-21(10-8-19)24(29)23(27-11-5-6-20(15-27)16-28)25(30)26-22-13-17(2)12-18(3)14-22/h5-15,28H,4,16H2,1-3H3,(H-,26,29,30). The normalized spacial score (nSPS) is 11.7. The quantitative estimate of drug-likeness (QED) is 0.277. The van der Waals surface area contributed by atoms with Crippen molar-refractivity contribution in [3.63, 3.8) is 0 Å². The first kappa shape index (κ1) is 21.7. The van der Waals surface area contributed by atoms with E-state index in [1.807, 2.05) is 50.2 Å². The van der Waals surface area contributed by atoms with Crippen LogP contribution in [0.5, 0.6) is 0 Å².